The fraction of sp³-hybridized carbons (Fsp3) is 0.214. The molecule has 2 rings (SSSR count). The van der Waals surface area contributed by atoms with Crippen LogP contribution in [0.3, 0.4) is 0 Å². The molecule has 20 heavy (non-hydrogen) atoms. The van der Waals surface area contributed by atoms with Crippen molar-refractivity contribution in [3.63, 3.8) is 0 Å². The van der Waals surface area contributed by atoms with Gasteiger partial charge in [0.05, 0.1) is 11.6 Å². The van der Waals surface area contributed by atoms with Crippen LogP contribution in [-0.4, -0.2) is 16.6 Å². The smallest absolute Gasteiger partial charge is 0.225 e. The number of amides is 1. The molecule has 0 atom stereocenters. The highest BCUT2D eigenvalue weighted by atomic mass is 32.2. The van der Waals surface area contributed by atoms with E-state index in [0.29, 0.717) is 23.4 Å². The van der Waals surface area contributed by atoms with Crippen molar-refractivity contribution in [3.05, 3.63) is 40.9 Å². The molecule has 0 aliphatic carbocycles. The van der Waals surface area contributed by atoms with Gasteiger partial charge in [-0.05, 0) is 31.2 Å². The SMILES string of the molecule is Cc1csc(SCCC(=O)Nc2ccc(C#N)cc2)n1. The third kappa shape index (κ3) is 4.37. The first-order valence-electron chi connectivity index (χ1n) is 6.02. The maximum absolute atomic E-state index is 11.8. The van der Waals surface area contributed by atoms with Crippen molar-refractivity contribution in [3.8, 4) is 6.07 Å². The third-order valence-electron chi connectivity index (χ3n) is 2.45. The van der Waals surface area contributed by atoms with Crippen LogP contribution in [0.25, 0.3) is 0 Å². The second-order valence-corrected chi connectivity index (χ2v) is 6.29. The summed E-state index contributed by atoms with van der Waals surface area (Å²) < 4.78 is 0.994. The molecule has 0 radical (unpaired) electrons. The maximum atomic E-state index is 11.8. The number of nitrogens with zero attached hydrogens (tertiary/aromatic N) is 2. The average molecular weight is 303 g/mol. The highest BCUT2D eigenvalue weighted by Gasteiger charge is 2.05. The molecule has 0 spiro atoms. The number of anilines is 1. The molecule has 0 unspecified atom stereocenters. The van der Waals surface area contributed by atoms with Crippen molar-refractivity contribution in [2.75, 3.05) is 11.1 Å². The number of aryl methyl sites for hydroxylation is 1. The lowest BCUT2D eigenvalue weighted by Gasteiger charge is -2.04. The first kappa shape index (κ1) is 14.6. The van der Waals surface area contributed by atoms with Crippen LogP contribution < -0.4 is 5.32 Å². The summed E-state index contributed by atoms with van der Waals surface area (Å²) in [5, 5.41) is 13.5. The van der Waals surface area contributed by atoms with Crippen LogP contribution in [-0.2, 0) is 4.79 Å². The van der Waals surface area contributed by atoms with Gasteiger partial charge in [-0.15, -0.1) is 11.3 Å². The molecule has 1 heterocycles. The normalized spacial score (nSPS) is 10.0. The number of aromatic nitrogens is 1. The van der Waals surface area contributed by atoms with Crippen LogP contribution in [0.2, 0.25) is 0 Å². The minimum absolute atomic E-state index is 0.0320. The van der Waals surface area contributed by atoms with Gasteiger partial charge in [0.2, 0.25) is 5.91 Å². The molecule has 102 valence electrons. The summed E-state index contributed by atoms with van der Waals surface area (Å²) >= 11 is 3.19. The van der Waals surface area contributed by atoms with Crippen LogP contribution >= 0.6 is 23.1 Å². The van der Waals surface area contributed by atoms with Gasteiger partial charge >= 0.3 is 0 Å². The number of thioether (sulfide) groups is 1. The van der Waals surface area contributed by atoms with Crippen molar-refractivity contribution in [2.45, 2.75) is 17.7 Å². The zero-order valence-electron chi connectivity index (χ0n) is 10.9. The van der Waals surface area contributed by atoms with Gasteiger partial charge in [-0.25, -0.2) is 4.98 Å². The molecule has 1 N–H and O–H groups in total. The molecule has 0 saturated carbocycles. The lowest BCUT2D eigenvalue weighted by atomic mass is 10.2. The summed E-state index contributed by atoms with van der Waals surface area (Å²) in [6.07, 6.45) is 0.434. The average Bonchev–Trinajstić information content (AvgIpc) is 2.85. The summed E-state index contributed by atoms with van der Waals surface area (Å²) in [7, 11) is 0. The van der Waals surface area contributed by atoms with Gasteiger partial charge in [0.1, 0.15) is 4.34 Å². The van der Waals surface area contributed by atoms with E-state index in [0.717, 1.165) is 10.0 Å². The van der Waals surface area contributed by atoms with E-state index >= 15 is 0 Å². The third-order valence-corrected chi connectivity index (χ3v) is 4.59. The largest absolute Gasteiger partial charge is 0.326 e. The number of hydrogen-bond donors (Lipinski definition) is 1. The Balaban J connectivity index is 1.76. The van der Waals surface area contributed by atoms with Crippen molar-refractivity contribution >= 4 is 34.7 Å². The van der Waals surface area contributed by atoms with Crippen molar-refractivity contribution in [1.29, 1.82) is 5.26 Å². The van der Waals surface area contributed by atoms with E-state index in [4.69, 9.17) is 5.26 Å². The molecule has 4 nitrogen and oxygen atoms in total. The van der Waals surface area contributed by atoms with Gasteiger partial charge in [0.15, 0.2) is 0 Å². The minimum Gasteiger partial charge on any atom is -0.326 e. The van der Waals surface area contributed by atoms with Crippen molar-refractivity contribution in [2.24, 2.45) is 0 Å². The Morgan fingerprint density at radius 1 is 1.45 bits per heavy atom. The highest BCUT2D eigenvalue weighted by Crippen LogP contribution is 2.22. The fourth-order valence-corrected chi connectivity index (χ4v) is 3.34. The summed E-state index contributed by atoms with van der Waals surface area (Å²) in [6, 6.07) is 8.87. The number of nitriles is 1. The Bertz CT molecular complexity index is 629. The van der Waals surface area contributed by atoms with Crippen LogP contribution in [0.15, 0.2) is 34.0 Å². The number of carbonyl (C=O) groups is 1. The van der Waals surface area contributed by atoms with Gasteiger partial charge in [-0.3, -0.25) is 4.79 Å². The van der Waals surface area contributed by atoms with Gasteiger partial charge in [0.25, 0.3) is 0 Å². The molecule has 0 bridgehead atoms. The van der Waals surface area contributed by atoms with E-state index in [9.17, 15) is 4.79 Å². The quantitative estimate of drug-likeness (QED) is 0.859. The fourth-order valence-electron chi connectivity index (χ4n) is 1.48. The van der Waals surface area contributed by atoms with Gasteiger partial charge < -0.3 is 5.32 Å². The molecule has 1 aromatic carbocycles. The highest BCUT2D eigenvalue weighted by molar-refractivity contribution is 8.01. The van der Waals surface area contributed by atoms with E-state index < -0.39 is 0 Å². The van der Waals surface area contributed by atoms with Crippen LogP contribution in [0, 0.1) is 18.3 Å². The zero-order chi connectivity index (χ0) is 14.4. The van der Waals surface area contributed by atoms with E-state index in [1.807, 2.05) is 18.4 Å². The summed E-state index contributed by atoms with van der Waals surface area (Å²) in [6.45, 7) is 1.96. The number of carbonyl (C=O) groups excluding carboxylic acids is 1. The van der Waals surface area contributed by atoms with Crippen molar-refractivity contribution in [1.82, 2.24) is 4.98 Å². The molecule has 6 heteroatoms. The zero-order valence-corrected chi connectivity index (χ0v) is 12.6. The number of nitrogens with one attached hydrogen (secondary N) is 1. The van der Waals surface area contributed by atoms with E-state index in [1.54, 1.807) is 47.4 Å². The molecule has 0 aliphatic rings. The topological polar surface area (TPSA) is 65.8 Å². The van der Waals surface area contributed by atoms with Crippen LogP contribution in [0.5, 0.6) is 0 Å². The molecule has 2 aromatic rings. The monoisotopic (exact) mass is 303 g/mol. The summed E-state index contributed by atoms with van der Waals surface area (Å²) in [5.74, 6) is 0.671. The lowest BCUT2D eigenvalue weighted by Crippen LogP contribution is -2.12. The number of rotatable bonds is 5. The van der Waals surface area contributed by atoms with Crippen molar-refractivity contribution < 1.29 is 4.79 Å². The standard InChI is InChI=1S/C14H13N3OS2/c1-10-9-20-14(16-10)19-7-6-13(18)17-12-4-2-11(8-15)3-5-12/h2-5,9H,6-7H2,1H3,(H,17,18). The molecule has 0 fully saturated rings. The number of thiazole rings is 1. The number of hydrogen-bond acceptors (Lipinski definition) is 5. The van der Waals surface area contributed by atoms with Gasteiger partial charge in [-0.1, -0.05) is 11.8 Å². The lowest BCUT2D eigenvalue weighted by molar-refractivity contribution is -0.115. The predicted octanol–water partition coefficient (Wildman–Crippen LogP) is 3.44. The number of benzene rings is 1. The van der Waals surface area contributed by atoms with Gasteiger partial charge in [0, 0.05) is 28.9 Å². The first-order chi connectivity index (χ1) is 9.67. The van der Waals surface area contributed by atoms with E-state index in [-0.39, 0.29) is 5.91 Å². The Morgan fingerprint density at radius 3 is 2.80 bits per heavy atom. The summed E-state index contributed by atoms with van der Waals surface area (Å²) in [5.41, 5.74) is 2.31. The van der Waals surface area contributed by atoms with Gasteiger partial charge in [-0.2, -0.15) is 5.26 Å². The Kier molecular flexibility index (Phi) is 5.16. The molecule has 1 amide bonds. The second-order valence-electron chi connectivity index (χ2n) is 4.09. The second kappa shape index (κ2) is 7.08. The Labute approximate surface area is 125 Å². The predicted molar refractivity (Wildman–Crippen MR) is 82.0 cm³/mol. The van der Waals surface area contributed by atoms with Crippen LogP contribution in [0.1, 0.15) is 17.7 Å². The minimum atomic E-state index is -0.0320. The Morgan fingerprint density at radius 2 is 2.20 bits per heavy atom. The maximum Gasteiger partial charge on any atom is 0.225 e. The Hall–Kier alpha value is -1.84. The molecule has 1 aromatic heterocycles. The first-order valence-corrected chi connectivity index (χ1v) is 7.89. The molecular formula is C14H13N3OS2. The molecule has 0 saturated heterocycles. The molecule has 0 aliphatic heterocycles. The van der Waals surface area contributed by atoms with Crippen LogP contribution in [0.4, 0.5) is 5.69 Å². The van der Waals surface area contributed by atoms with E-state index in [1.165, 1.54) is 0 Å². The van der Waals surface area contributed by atoms with E-state index in [2.05, 4.69) is 10.3 Å². The summed E-state index contributed by atoms with van der Waals surface area (Å²) in [4.78, 5) is 16.1. The molecular weight excluding hydrogens is 290 g/mol.